The lowest BCUT2D eigenvalue weighted by Crippen LogP contribution is -2.26. The average Bonchev–Trinajstić information content (AvgIpc) is 2.93. The Hall–Kier alpha value is -2.89. The molecule has 1 N–H and O–H groups in total. The molecule has 1 aliphatic heterocycles. The van der Waals surface area contributed by atoms with Crippen molar-refractivity contribution in [3.05, 3.63) is 53.6 Å². The fourth-order valence-electron chi connectivity index (χ4n) is 3.61. The number of aryl methyl sites for hydroxylation is 1. The lowest BCUT2D eigenvalue weighted by Gasteiger charge is -2.09. The number of rotatable bonds is 5. The van der Waals surface area contributed by atoms with Gasteiger partial charge in [-0.1, -0.05) is 18.6 Å². The minimum Gasteiger partial charge on any atom is -0.497 e. The van der Waals surface area contributed by atoms with Crippen LogP contribution < -0.4 is 10.1 Å². The van der Waals surface area contributed by atoms with Crippen LogP contribution in [0.3, 0.4) is 0 Å². The fraction of sp³-hybridized carbons (Fsp3) is 0.381. The lowest BCUT2D eigenvalue weighted by atomic mass is 10.1. The summed E-state index contributed by atoms with van der Waals surface area (Å²) in [7, 11) is 1.65. The Balaban J connectivity index is 1.39. The van der Waals surface area contributed by atoms with Gasteiger partial charge in [0.05, 0.1) is 7.11 Å². The van der Waals surface area contributed by atoms with E-state index in [9.17, 15) is 4.79 Å². The predicted octanol–water partition coefficient (Wildman–Crippen LogP) is 3.14. The zero-order chi connectivity index (χ0) is 18.6. The maximum atomic E-state index is 12.5. The van der Waals surface area contributed by atoms with E-state index in [2.05, 4.69) is 20.1 Å². The van der Waals surface area contributed by atoms with E-state index in [1.54, 1.807) is 7.11 Å². The van der Waals surface area contributed by atoms with Gasteiger partial charge in [0.25, 0.3) is 5.91 Å². The molecule has 0 bridgehead atoms. The Bertz CT molecular complexity index is 964. The van der Waals surface area contributed by atoms with Crippen LogP contribution in [0.2, 0.25) is 0 Å². The summed E-state index contributed by atoms with van der Waals surface area (Å²) in [6, 6.07) is 11.5. The van der Waals surface area contributed by atoms with E-state index in [4.69, 9.17) is 4.74 Å². The molecule has 1 aliphatic rings. The van der Waals surface area contributed by atoms with Crippen LogP contribution in [-0.2, 0) is 19.4 Å². The molecule has 0 radical (unpaired) electrons. The molecule has 6 nitrogen and oxygen atoms in total. The number of amides is 1. The van der Waals surface area contributed by atoms with E-state index >= 15 is 0 Å². The second-order valence-corrected chi connectivity index (χ2v) is 6.93. The van der Waals surface area contributed by atoms with E-state index < -0.39 is 0 Å². The van der Waals surface area contributed by atoms with Crippen molar-refractivity contribution in [1.29, 1.82) is 0 Å². The second-order valence-electron chi connectivity index (χ2n) is 6.93. The van der Waals surface area contributed by atoms with Gasteiger partial charge in [-0.3, -0.25) is 4.79 Å². The van der Waals surface area contributed by atoms with Crippen LogP contribution in [-0.4, -0.2) is 34.3 Å². The van der Waals surface area contributed by atoms with Crippen LogP contribution in [0, 0.1) is 0 Å². The summed E-state index contributed by atoms with van der Waals surface area (Å²) in [6.07, 6.45) is 5.30. The molecule has 0 saturated heterocycles. The van der Waals surface area contributed by atoms with Crippen molar-refractivity contribution in [3.63, 3.8) is 0 Å². The number of carbonyl (C=O) groups is 1. The van der Waals surface area contributed by atoms with E-state index in [0.717, 1.165) is 41.1 Å². The van der Waals surface area contributed by atoms with Crippen LogP contribution in [0.15, 0.2) is 36.4 Å². The number of fused-ring (bicyclic) bond motifs is 2. The maximum Gasteiger partial charge on any atom is 0.251 e. The third-order valence-electron chi connectivity index (χ3n) is 5.13. The van der Waals surface area contributed by atoms with Crippen molar-refractivity contribution in [2.45, 2.75) is 38.6 Å². The fourth-order valence-corrected chi connectivity index (χ4v) is 3.61. The molecule has 1 amide bonds. The van der Waals surface area contributed by atoms with Gasteiger partial charge in [-0.05, 0) is 47.9 Å². The molecule has 140 valence electrons. The number of nitrogens with one attached hydrogen (secondary N) is 1. The molecule has 0 fully saturated rings. The van der Waals surface area contributed by atoms with Crippen LogP contribution in [0.25, 0.3) is 10.8 Å². The minimum atomic E-state index is -0.0664. The molecular weight excluding hydrogens is 340 g/mol. The molecule has 0 aliphatic carbocycles. The van der Waals surface area contributed by atoms with Crippen LogP contribution in [0.5, 0.6) is 5.75 Å². The number of carbonyl (C=O) groups excluding carboxylic acids is 1. The zero-order valence-corrected chi connectivity index (χ0v) is 15.6. The van der Waals surface area contributed by atoms with Crippen molar-refractivity contribution in [2.24, 2.45) is 0 Å². The van der Waals surface area contributed by atoms with Gasteiger partial charge in [0.2, 0.25) is 0 Å². The SMILES string of the molecule is COc1ccc2cc(C(=O)NCCc3nnc4n3CCCCC4)ccc2c1. The molecule has 3 aromatic rings. The van der Waals surface area contributed by atoms with Crippen LogP contribution >= 0.6 is 0 Å². The number of aromatic nitrogens is 3. The highest BCUT2D eigenvalue weighted by atomic mass is 16.5. The summed E-state index contributed by atoms with van der Waals surface area (Å²) in [5.41, 5.74) is 0.660. The van der Waals surface area contributed by atoms with Gasteiger partial charge in [0, 0.05) is 31.5 Å². The van der Waals surface area contributed by atoms with Crippen LogP contribution in [0.4, 0.5) is 0 Å². The number of nitrogens with zero attached hydrogens (tertiary/aromatic N) is 3. The van der Waals surface area contributed by atoms with Gasteiger partial charge in [-0.15, -0.1) is 10.2 Å². The first-order chi connectivity index (χ1) is 13.2. The Morgan fingerprint density at radius 2 is 1.96 bits per heavy atom. The second kappa shape index (κ2) is 7.78. The minimum absolute atomic E-state index is 0.0664. The first-order valence-electron chi connectivity index (χ1n) is 9.51. The predicted molar refractivity (Wildman–Crippen MR) is 104 cm³/mol. The number of hydrogen-bond acceptors (Lipinski definition) is 4. The largest absolute Gasteiger partial charge is 0.497 e. The van der Waals surface area contributed by atoms with Gasteiger partial charge in [0.15, 0.2) is 0 Å². The topological polar surface area (TPSA) is 69.0 Å². The van der Waals surface area contributed by atoms with Crippen LogP contribution in [0.1, 0.15) is 41.3 Å². The molecule has 0 saturated carbocycles. The zero-order valence-electron chi connectivity index (χ0n) is 15.6. The summed E-state index contributed by atoms with van der Waals surface area (Å²) in [6.45, 7) is 1.54. The summed E-state index contributed by atoms with van der Waals surface area (Å²) in [5, 5.41) is 13.7. The molecule has 2 heterocycles. The van der Waals surface area contributed by atoms with E-state index in [1.807, 2.05) is 36.4 Å². The lowest BCUT2D eigenvalue weighted by molar-refractivity contribution is 0.0954. The Morgan fingerprint density at radius 1 is 1.11 bits per heavy atom. The van der Waals surface area contributed by atoms with Gasteiger partial charge in [-0.2, -0.15) is 0 Å². The van der Waals surface area contributed by atoms with Crippen molar-refractivity contribution >= 4 is 16.7 Å². The molecule has 4 rings (SSSR count). The molecule has 0 unspecified atom stereocenters. The monoisotopic (exact) mass is 364 g/mol. The molecule has 1 aromatic heterocycles. The summed E-state index contributed by atoms with van der Waals surface area (Å²) in [4.78, 5) is 12.5. The third-order valence-corrected chi connectivity index (χ3v) is 5.13. The normalized spacial score (nSPS) is 13.8. The summed E-state index contributed by atoms with van der Waals surface area (Å²) >= 11 is 0. The standard InChI is InChI=1S/C21H24N4O2/c1-27-18-9-8-15-13-17(7-6-16(15)14-18)21(26)22-11-10-20-24-23-19-5-3-2-4-12-25(19)20/h6-9,13-14H,2-5,10-12H2,1H3,(H,22,26). The smallest absolute Gasteiger partial charge is 0.251 e. The first-order valence-corrected chi connectivity index (χ1v) is 9.51. The van der Waals surface area contributed by atoms with Crippen molar-refractivity contribution in [2.75, 3.05) is 13.7 Å². The Kier molecular flexibility index (Phi) is 5.05. The maximum absolute atomic E-state index is 12.5. The number of methoxy groups -OCH3 is 1. The highest BCUT2D eigenvalue weighted by Gasteiger charge is 2.15. The number of ether oxygens (including phenoxy) is 1. The molecular formula is C21H24N4O2. The molecule has 0 atom stereocenters. The quantitative estimate of drug-likeness (QED) is 0.755. The third kappa shape index (κ3) is 3.79. The Labute approximate surface area is 158 Å². The highest BCUT2D eigenvalue weighted by Crippen LogP contribution is 2.22. The van der Waals surface area contributed by atoms with Gasteiger partial charge in [-0.25, -0.2) is 0 Å². The summed E-state index contributed by atoms with van der Waals surface area (Å²) in [5.74, 6) is 2.80. The van der Waals surface area contributed by atoms with Crippen molar-refractivity contribution in [3.8, 4) is 5.75 Å². The molecule has 0 spiro atoms. The summed E-state index contributed by atoms with van der Waals surface area (Å²) < 4.78 is 7.47. The van der Waals surface area contributed by atoms with E-state index in [0.29, 0.717) is 18.5 Å². The molecule has 27 heavy (non-hydrogen) atoms. The van der Waals surface area contributed by atoms with Crippen molar-refractivity contribution < 1.29 is 9.53 Å². The number of hydrogen-bond donors (Lipinski definition) is 1. The van der Waals surface area contributed by atoms with Gasteiger partial charge < -0.3 is 14.6 Å². The first kappa shape index (κ1) is 17.5. The molecule has 6 heteroatoms. The van der Waals surface area contributed by atoms with E-state index in [1.165, 1.54) is 19.3 Å². The van der Waals surface area contributed by atoms with Gasteiger partial charge in [0.1, 0.15) is 17.4 Å². The van der Waals surface area contributed by atoms with Gasteiger partial charge >= 0.3 is 0 Å². The number of benzene rings is 2. The highest BCUT2D eigenvalue weighted by molar-refractivity contribution is 5.98. The van der Waals surface area contributed by atoms with E-state index in [-0.39, 0.29) is 5.91 Å². The average molecular weight is 364 g/mol. The Morgan fingerprint density at radius 3 is 2.85 bits per heavy atom. The molecule has 2 aromatic carbocycles. The van der Waals surface area contributed by atoms with Crippen molar-refractivity contribution in [1.82, 2.24) is 20.1 Å².